The number of nitrogens with zero attached hydrogens (tertiary/aromatic N) is 1. The van der Waals surface area contributed by atoms with Gasteiger partial charge in [0.25, 0.3) is 0 Å². The third kappa shape index (κ3) is 3.23. The maximum absolute atomic E-state index is 5.68. The maximum atomic E-state index is 5.68. The first-order valence-corrected chi connectivity index (χ1v) is 6.20. The van der Waals surface area contributed by atoms with Gasteiger partial charge in [0.1, 0.15) is 0 Å². The fourth-order valence-corrected chi connectivity index (χ4v) is 1.70. The summed E-state index contributed by atoms with van der Waals surface area (Å²) in [4.78, 5) is 4.27. The minimum Gasteiger partial charge on any atom is -0.461 e. The average Bonchev–Trinajstić information content (AvgIpc) is 2.84. The molecule has 0 amide bonds. The highest BCUT2D eigenvalue weighted by atomic mass is 16.4. The van der Waals surface area contributed by atoms with Gasteiger partial charge in [-0.05, 0) is 39.3 Å². The van der Waals surface area contributed by atoms with Crippen molar-refractivity contribution in [2.75, 3.05) is 6.54 Å². The predicted molar refractivity (Wildman–Crippen MR) is 70.4 cm³/mol. The number of nitrogens with one attached hydrogen (secondary N) is 1. The molecule has 0 radical (unpaired) electrons. The third-order valence-electron chi connectivity index (χ3n) is 2.63. The number of hydrogen-bond donors (Lipinski definition) is 1. The summed E-state index contributed by atoms with van der Waals surface area (Å²) in [6.45, 7) is 9.25. The minimum absolute atomic E-state index is 0.118. The molecule has 0 bridgehead atoms. The number of rotatable bonds is 4. The molecule has 2 heterocycles. The van der Waals surface area contributed by atoms with Gasteiger partial charge in [0, 0.05) is 18.5 Å². The van der Waals surface area contributed by atoms with Gasteiger partial charge in [-0.15, -0.1) is 0 Å². The lowest BCUT2D eigenvalue weighted by atomic mass is 10.1. The van der Waals surface area contributed by atoms with E-state index in [1.165, 1.54) is 0 Å². The quantitative estimate of drug-likeness (QED) is 0.903. The van der Waals surface area contributed by atoms with Crippen molar-refractivity contribution in [1.29, 1.82) is 0 Å². The predicted octanol–water partition coefficient (Wildman–Crippen LogP) is 3.17. The largest absolute Gasteiger partial charge is 0.461 e. The van der Waals surface area contributed by atoms with E-state index in [2.05, 4.69) is 31.1 Å². The highest BCUT2D eigenvalue weighted by Gasteiger charge is 2.13. The first-order chi connectivity index (χ1) is 8.46. The molecule has 0 unspecified atom stereocenters. The van der Waals surface area contributed by atoms with E-state index in [0.717, 1.165) is 30.2 Å². The molecular weight excluding hydrogens is 228 g/mol. The molecule has 0 atom stereocenters. The van der Waals surface area contributed by atoms with Crippen molar-refractivity contribution in [3.8, 4) is 11.5 Å². The lowest BCUT2D eigenvalue weighted by Crippen LogP contribution is -2.37. The second-order valence-corrected chi connectivity index (χ2v) is 5.48. The molecule has 2 aromatic heterocycles. The summed E-state index contributed by atoms with van der Waals surface area (Å²) >= 11 is 0. The number of furan rings is 1. The molecule has 98 valence electrons. The van der Waals surface area contributed by atoms with E-state index in [-0.39, 0.29) is 5.54 Å². The zero-order chi connectivity index (χ0) is 13.2. The van der Waals surface area contributed by atoms with E-state index < -0.39 is 0 Å². The summed E-state index contributed by atoms with van der Waals surface area (Å²) in [5.74, 6) is 2.19. The molecule has 4 heteroatoms. The molecule has 0 fully saturated rings. The van der Waals surface area contributed by atoms with Crippen molar-refractivity contribution in [2.24, 2.45) is 0 Å². The van der Waals surface area contributed by atoms with Crippen LogP contribution in [0.25, 0.3) is 11.5 Å². The average molecular weight is 248 g/mol. The van der Waals surface area contributed by atoms with Crippen LogP contribution >= 0.6 is 0 Å². The maximum Gasteiger partial charge on any atom is 0.196 e. The molecule has 18 heavy (non-hydrogen) atoms. The van der Waals surface area contributed by atoms with Gasteiger partial charge < -0.3 is 14.2 Å². The second-order valence-electron chi connectivity index (χ2n) is 5.48. The van der Waals surface area contributed by atoms with E-state index >= 15 is 0 Å². The first-order valence-electron chi connectivity index (χ1n) is 6.20. The lowest BCUT2D eigenvalue weighted by Gasteiger charge is -2.19. The Morgan fingerprint density at radius 3 is 2.72 bits per heavy atom. The third-order valence-corrected chi connectivity index (χ3v) is 2.63. The zero-order valence-electron chi connectivity index (χ0n) is 11.4. The molecular formula is C14H20N2O2. The van der Waals surface area contributed by atoms with Crippen molar-refractivity contribution in [3.63, 3.8) is 0 Å². The highest BCUT2D eigenvalue weighted by molar-refractivity contribution is 5.53. The Balaban J connectivity index is 1.97. The van der Waals surface area contributed by atoms with Crippen LogP contribution in [0.4, 0.5) is 0 Å². The zero-order valence-corrected chi connectivity index (χ0v) is 11.4. The minimum atomic E-state index is 0.118. The van der Waals surface area contributed by atoms with E-state index in [9.17, 15) is 0 Å². The number of aromatic nitrogens is 1. The van der Waals surface area contributed by atoms with E-state index in [1.54, 1.807) is 12.5 Å². The molecule has 0 saturated heterocycles. The summed E-state index contributed by atoms with van der Waals surface area (Å²) in [7, 11) is 0. The summed E-state index contributed by atoms with van der Waals surface area (Å²) in [5, 5.41) is 3.40. The Morgan fingerprint density at radius 1 is 1.33 bits per heavy atom. The summed E-state index contributed by atoms with van der Waals surface area (Å²) in [5.41, 5.74) is 1.18. The Hall–Kier alpha value is -1.55. The van der Waals surface area contributed by atoms with Gasteiger partial charge >= 0.3 is 0 Å². The van der Waals surface area contributed by atoms with Crippen molar-refractivity contribution >= 4 is 0 Å². The number of hydrogen-bond acceptors (Lipinski definition) is 4. The van der Waals surface area contributed by atoms with Gasteiger partial charge in [0.2, 0.25) is 0 Å². The van der Waals surface area contributed by atoms with Crippen molar-refractivity contribution in [3.05, 3.63) is 30.0 Å². The van der Waals surface area contributed by atoms with Crippen LogP contribution < -0.4 is 5.32 Å². The van der Waals surface area contributed by atoms with E-state index in [1.807, 2.05) is 13.0 Å². The first kappa shape index (κ1) is 12.9. The SMILES string of the molecule is Cc1ccoc1-c1cnc(CCNC(C)(C)C)o1. The molecule has 0 saturated carbocycles. The Labute approximate surface area is 107 Å². The van der Waals surface area contributed by atoms with Gasteiger partial charge in [-0.1, -0.05) is 0 Å². The van der Waals surface area contributed by atoms with Crippen LogP contribution in [0.5, 0.6) is 0 Å². The molecule has 1 N–H and O–H groups in total. The fraction of sp³-hybridized carbons (Fsp3) is 0.500. The normalized spacial score (nSPS) is 12.0. The topological polar surface area (TPSA) is 51.2 Å². The molecule has 0 aliphatic heterocycles. The molecule has 2 aromatic rings. The second kappa shape index (κ2) is 4.98. The van der Waals surface area contributed by atoms with Gasteiger partial charge in [-0.25, -0.2) is 4.98 Å². The van der Waals surface area contributed by atoms with Gasteiger partial charge in [-0.3, -0.25) is 0 Å². The van der Waals surface area contributed by atoms with Crippen LogP contribution in [0.2, 0.25) is 0 Å². The summed E-state index contributed by atoms with van der Waals surface area (Å²) in [6.07, 6.45) is 4.16. The molecule has 4 nitrogen and oxygen atoms in total. The van der Waals surface area contributed by atoms with Crippen molar-refractivity contribution in [1.82, 2.24) is 10.3 Å². The Kier molecular flexibility index (Phi) is 3.57. The van der Waals surface area contributed by atoms with Crippen LogP contribution in [-0.4, -0.2) is 17.1 Å². The fourth-order valence-electron chi connectivity index (χ4n) is 1.70. The van der Waals surface area contributed by atoms with E-state index in [0.29, 0.717) is 5.76 Å². The van der Waals surface area contributed by atoms with Crippen LogP contribution in [0.1, 0.15) is 32.2 Å². The number of oxazole rings is 1. The summed E-state index contributed by atoms with van der Waals surface area (Å²) < 4.78 is 11.1. The van der Waals surface area contributed by atoms with Crippen molar-refractivity contribution < 1.29 is 8.83 Å². The van der Waals surface area contributed by atoms with Gasteiger partial charge in [0.15, 0.2) is 17.4 Å². The highest BCUT2D eigenvalue weighted by Crippen LogP contribution is 2.24. The van der Waals surface area contributed by atoms with Crippen LogP contribution in [-0.2, 0) is 6.42 Å². The van der Waals surface area contributed by atoms with Crippen LogP contribution in [0.3, 0.4) is 0 Å². The molecule has 0 aromatic carbocycles. The van der Waals surface area contributed by atoms with Crippen LogP contribution in [0.15, 0.2) is 27.4 Å². The summed E-state index contributed by atoms with van der Waals surface area (Å²) in [6, 6.07) is 1.92. The molecule has 0 aliphatic rings. The van der Waals surface area contributed by atoms with E-state index in [4.69, 9.17) is 8.83 Å². The number of aryl methyl sites for hydroxylation is 1. The monoisotopic (exact) mass is 248 g/mol. The standard InChI is InChI=1S/C14H20N2O2/c1-10-6-8-17-13(10)11-9-15-12(18-11)5-7-16-14(2,3)4/h6,8-9,16H,5,7H2,1-4H3. The lowest BCUT2D eigenvalue weighted by molar-refractivity contribution is 0.409. The van der Waals surface area contributed by atoms with Gasteiger partial charge in [0.05, 0.1) is 12.5 Å². The molecule has 2 rings (SSSR count). The molecule has 0 aliphatic carbocycles. The van der Waals surface area contributed by atoms with Crippen LogP contribution in [0, 0.1) is 6.92 Å². The smallest absolute Gasteiger partial charge is 0.196 e. The van der Waals surface area contributed by atoms with Gasteiger partial charge in [-0.2, -0.15) is 0 Å². The molecule has 0 spiro atoms. The Morgan fingerprint density at radius 2 is 2.11 bits per heavy atom. The Bertz CT molecular complexity index is 506. The van der Waals surface area contributed by atoms with Crippen molar-refractivity contribution in [2.45, 2.75) is 39.7 Å².